The van der Waals surface area contributed by atoms with Gasteiger partial charge >= 0.3 is 0 Å². The average Bonchev–Trinajstić information content (AvgIpc) is 2.33. The summed E-state index contributed by atoms with van der Waals surface area (Å²) in [6.45, 7) is 5.05. The zero-order valence-corrected chi connectivity index (χ0v) is 9.56. The predicted octanol–water partition coefficient (Wildman–Crippen LogP) is 1.11. The van der Waals surface area contributed by atoms with Crippen molar-refractivity contribution in [2.45, 2.75) is 6.42 Å². The van der Waals surface area contributed by atoms with Gasteiger partial charge in [0.25, 0.3) is 5.91 Å². The van der Waals surface area contributed by atoms with E-state index in [2.05, 4.69) is 16.9 Å². The number of pyridine rings is 1. The van der Waals surface area contributed by atoms with Gasteiger partial charge in [-0.15, -0.1) is 6.58 Å². The first-order valence-corrected chi connectivity index (χ1v) is 5.35. The first kappa shape index (κ1) is 13.2. The molecule has 0 spiro atoms. The lowest BCUT2D eigenvalue weighted by Crippen LogP contribution is -2.27. The Hall–Kier alpha value is -1.88. The third-order valence-corrected chi connectivity index (χ3v) is 1.98. The summed E-state index contributed by atoms with van der Waals surface area (Å²) in [6.07, 6.45) is 5.24. The lowest BCUT2D eigenvalue weighted by molar-refractivity contribution is 0.0917. The predicted molar refractivity (Wildman–Crippen MR) is 63.9 cm³/mol. The fourth-order valence-electron chi connectivity index (χ4n) is 1.16. The molecule has 1 heterocycles. The highest BCUT2D eigenvalue weighted by Gasteiger charge is 2.05. The molecule has 17 heavy (non-hydrogen) atoms. The van der Waals surface area contributed by atoms with Crippen LogP contribution >= 0.6 is 0 Å². The fourth-order valence-corrected chi connectivity index (χ4v) is 1.16. The molecular weight excluding hydrogens is 220 g/mol. The molecular formula is C12H16N2O3. The van der Waals surface area contributed by atoms with Crippen molar-refractivity contribution >= 4 is 5.91 Å². The Labute approximate surface area is 100 Å². The van der Waals surface area contributed by atoms with E-state index in [1.807, 2.05) is 0 Å². The second kappa shape index (κ2) is 7.40. The van der Waals surface area contributed by atoms with E-state index in [1.54, 1.807) is 6.08 Å². The molecule has 0 saturated heterocycles. The normalized spacial score (nSPS) is 9.88. The number of hydrogen-bond donors (Lipinski definition) is 2. The topological polar surface area (TPSA) is 71.5 Å². The van der Waals surface area contributed by atoms with Crippen LogP contribution in [0.3, 0.4) is 0 Å². The number of ether oxygens (including phenoxy) is 1. The van der Waals surface area contributed by atoms with Crippen molar-refractivity contribution in [3.05, 3.63) is 36.7 Å². The molecule has 2 N–H and O–H groups in total. The Morgan fingerprint density at radius 3 is 3.06 bits per heavy atom. The molecule has 1 amide bonds. The Morgan fingerprint density at radius 2 is 2.35 bits per heavy atom. The smallest absolute Gasteiger partial charge is 0.253 e. The van der Waals surface area contributed by atoms with E-state index in [4.69, 9.17) is 9.84 Å². The summed E-state index contributed by atoms with van der Waals surface area (Å²) in [5, 5.41) is 11.8. The zero-order chi connectivity index (χ0) is 12.5. The molecule has 0 aliphatic heterocycles. The number of carbonyl (C=O) groups excluding carboxylic acids is 1. The molecule has 0 aliphatic carbocycles. The molecule has 1 aromatic rings. The van der Waals surface area contributed by atoms with Gasteiger partial charge in [0.1, 0.15) is 5.75 Å². The van der Waals surface area contributed by atoms with Crippen LogP contribution in [0.4, 0.5) is 0 Å². The minimum absolute atomic E-state index is 0.0279. The third kappa shape index (κ3) is 5.12. The van der Waals surface area contributed by atoms with Gasteiger partial charge in [-0.05, 0) is 12.5 Å². The van der Waals surface area contributed by atoms with E-state index in [0.29, 0.717) is 25.3 Å². The van der Waals surface area contributed by atoms with Crippen molar-refractivity contribution in [1.29, 1.82) is 0 Å². The Morgan fingerprint density at radius 1 is 1.53 bits per heavy atom. The second-order valence-electron chi connectivity index (χ2n) is 3.38. The molecule has 0 fully saturated rings. The lowest BCUT2D eigenvalue weighted by atomic mass is 10.2. The summed E-state index contributed by atoms with van der Waals surface area (Å²) in [5.41, 5.74) is 0.330. The SMILES string of the molecule is C=CCCOCCNC(=O)c1cncc(O)c1. The van der Waals surface area contributed by atoms with Crippen molar-refractivity contribution in [3.8, 4) is 5.75 Å². The minimum atomic E-state index is -0.277. The van der Waals surface area contributed by atoms with Gasteiger partial charge in [0.15, 0.2) is 0 Å². The summed E-state index contributed by atoms with van der Waals surface area (Å²) in [6, 6.07) is 1.36. The van der Waals surface area contributed by atoms with Crippen LogP contribution in [-0.4, -0.2) is 35.8 Å². The van der Waals surface area contributed by atoms with Gasteiger partial charge in [0.05, 0.1) is 25.0 Å². The number of rotatable bonds is 7. The number of amides is 1. The Balaban J connectivity index is 2.23. The van der Waals surface area contributed by atoms with E-state index >= 15 is 0 Å². The maximum Gasteiger partial charge on any atom is 0.253 e. The summed E-state index contributed by atoms with van der Waals surface area (Å²) in [5.74, 6) is -0.305. The molecule has 0 saturated carbocycles. The van der Waals surface area contributed by atoms with Crippen LogP contribution in [0.5, 0.6) is 5.75 Å². The number of carbonyl (C=O) groups is 1. The number of hydrogen-bond acceptors (Lipinski definition) is 4. The summed E-state index contributed by atoms with van der Waals surface area (Å²) in [7, 11) is 0. The zero-order valence-electron chi connectivity index (χ0n) is 9.56. The highest BCUT2D eigenvalue weighted by molar-refractivity contribution is 5.94. The average molecular weight is 236 g/mol. The monoisotopic (exact) mass is 236 g/mol. The van der Waals surface area contributed by atoms with Crippen LogP contribution < -0.4 is 5.32 Å². The molecule has 1 rings (SSSR count). The van der Waals surface area contributed by atoms with Gasteiger partial charge in [-0.2, -0.15) is 0 Å². The molecule has 0 bridgehead atoms. The number of aromatic nitrogens is 1. The first-order chi connectivity index (χ1) is 8.24. The van der Waals surface area contributed by atoms with Gasteiger partial charge in [0, 0.05) is 12.7 Å². The molecule has 0 unspecified atom stereocenters. The standard InChI is InChI=1S/C12H16N2O3/c1-2-3-5-17-6-4-14-12(16)10-7-11(15)9-13-8-10/h2,7-9,15H,1,3-6H2,(H,14,16). The van der Waals surface area contributed by atoms with Crippen molar-refractivity contribution < 1.29 is 14.6 Å². The van der Waals surface area contributed by atoms with Crippen LogP contribution in [0.1, 0.15) is 16.8 Å². The maximum atomic E-state index is 11.6. The van der Waals surface area contributed by atoms with E-state index < -0.39 is 0 Å². The number of nitrogens with one attached hydrogen (secondary N) is 1. The fraction of sp³-hybridized carbons (Fsp3) is 0.333. The molecule has 92 valence electrons. The summed E-state index contributed by atoms with van der Waals surface area (Å²) >= 11 is 0. The Kier molecular flexibility index (Phi) is 5.74. The highest BCUT2D eigenvalue weighted by atomic mass is 16.5. The summed E-state index contributed by atoms with van der Waals surface area (Å²) in [4.78, 5) is 15.3. The highest BCUT2D eigenvalue weighted by Crippen LogP contribution is 2.07. The van der Waals surface area contributed by atoms with E-state index in [0.717, 1.165) is 6.42 Å². The van der Waals surface area contributed by atoms with Gasteiger partial charge in [-0.25, -0.2) is 0 Å². The number of nitrogens with zero attached hydrogens (tertiary/aromatic N) is 1. The van der Waals surface area contributed by atoms with E-state index in [-0.39, 0.29) is 11.7 Å². The number of aromatic hydroxyl groups is 1. The third-order valence-electron chi connectivity index (χ3n) is 1.98. The van der Waals surface area contributed by atoms with Crippen molar-refractivity contribution in [2.75, 3.05) is 19.8 Å². The first-order valence-electron chi connectivity index (χ1n) is 5.35. The van der Waals surface area contributed by atoms with Gasteiger partial charge in [0.2, 0.25) is 0 Å². The molecule has 0 radical (unpaired) electrons. The minimum Gasteiger partial charge on any atom is -0.506 e. The maximum absolute atomic E-state index is 11.6. The second-order valence-corrected chi connectivity index (χ2v) is 3.38. The molecule has 1 aromatic heterocycles. The molecule has 0 aromatic carbocycles. The molecule has 0 aliphatic rings. The van der Waals surface area contributed by atoms with Crippen molar-refractivity contribution in [1.82, 2.24) is 10.3 Å². The summed E-state index contributed by atoms with van der Waals surface area (Å²) < 4.78 is 5.23. The van der Waals surface area contributed by atoms with E-state index in [1.165, 1.54) is 18.5 Å². The van der Waals surface area contributed by atoms with Crippen LogP contribution in [0, 0.1) is 0 Å². The molecule has 5 nitrogen and oxygen atoms in total. The van der Waals surface area contributed by atoms with Gasteiger partial charge in [-0.1, -0.05) is 6.08 Å². The quantitative estimate of drug-likeness (QED) is 0.549. The van der Waals surface area contributed by atoms with Gasteiger partial charge < -0.3 is 15.2 Å². The molecule has 0 atom stereocenters. The van der Waals surface area contributed by atoms with Crippen LogP contribution in [0.2, 0.25) is 0 Å². The lowest BCUT2D eigenvalue weighted by Gasteiger charge is -2.05. The molecule has 5 heteroatoms. The van der Waals surface area contributed by atoms with Crippen LogP contribution in [0.25, 0.3) is 0 Å². The van der Waals surface area contributed by atoms with Crippen molar-refractivity contribution in [3.63, 3.8) is 0 Å². The van der Waals surface area contributed by atoms with Crippen LogP contribution in [0.15, 0.2) is 31.1 Å². The van der Waals surface area contributed by atoms with Gasteiger partial charge in [-0.3, -0.25) is 9.78 Å². The largest absolute Gasteiger partial charge is 0.506 e. The Bertz CT molecular complexity index is 380. The van der Waals surface area contributed by atoms with E-state index in [9.17, 15) is 4.79 Å². The van der Waals surface area contributed by atoms with Crippen molar-refractivity contribution in [2.24, 2.45) is 0 Å². The van der Waals surface area contributed by atoms with Crippen LogP contribution in [-0.2, 0) is 4.74 Å².